The van der Waals surface area contributed by atoms with Crippen molar-refractivity contribution in [3.63, 3.8) is 0 Å². The molecule has 2 N–H and O–H groups in total. The standard InChI is InChI=1S/C18H24FN5.HI/c1-20-18(22-15-4-2-3-5-15)21-12-10-16-11-13-24(23-16)17-8-6-14(19)7-9-17;/h6-9,11,13,15H,2-5,10,12H2,1H3,(H2,20,21,22);1H. The summed E-state index contributed by atoms with van der Waals surface area (Å²) in [5.41, 5.74) is 1.84. The predicted molar refractivity (Wildman–Crippen MR) is 109 cm³/mol. The largest absolute Gasteiger partial charge is 0.356 e. The van der Waals surface area contributed by atoms with Crippen molar-refractivity contribution in [2.45, 2.75) is 38.1 Å². The summed E-state index contributed by atoms with van der Waals surface area (Å²) < 4.78 is 14.7. The van der Waals surface area contributed by atoms with Crippen LogP contribution in [0.2, 0.25) is 0 Å². The fourth-order valence-electron chi connectivity index (χ4n) is 3.00. The molecule has 1 aromatic carbocycles. The van der Waals surface area contributed by atoms with E-state index in [4.69, 9.17) is 0 Å². The maximum atomic E-state index is 13.0. The van der Waals surface area contributed by atoms with Gasteiger partial charge in [0.1, 0.15) is 5.82 Å². The van der Waals surface area contributed by atoms with Crippen molar-refractivity contribution >= 4 is 29.9 Å². The molecule has 1 aromatic heterocycles. The van der Waals surface area contributed by atoms with Crippen LogP contribution >= 0.6 is 24.0 Å². The first-order chi connectivity index (χ1) is 11.7. The molecule has 0 saturated heterocycles. The Hall–Kier alpha value is -1.64. The number of rotatable bonds is 5. The summed E-state index contributed by atoms with van der Waals surface area (Å²) in [5, 5.41) is 11.3. The number of benzene rings is 1. The molecule has 1 aliphatic carbocycles. The van der Waals surface area contributed by atoms with E-state index in [2.05, 4.69) is 20.7 Å². The minimum atomic E-state index is -0.239. The molecule has 25 heavy (non-hydrogen) atoms. The Balaban J connectivity index is 0.00000225. The Bertz CT molecular complexity index is 677. The maximum Gasteiger partial charge on any atom is 0.191 e. The van der Waals surface area contributed by atoms with Gasteiger partial charge in [0.2, 0.25) is 0 Å². The van der Waals surface area contributed by atoms with Crippen LogP contribution in [0.25, 0.3) is 5.69 Å². The summed E-state index contributed by atoms with van der Waals surface area (Å²) in [5.74, 6) is 0.622. The number of aromatic nitrogens is 2. The molecule has 0 amide bonds. The van der Waals surface area contributed by atoms with Gasteiger partial charge in [-0.25, -0.2) is 9.07 Å². The predicted octanol–water partition coefficient (Wildman–Crippen LogP) is 3.28. The van der Waals surface area contributed by atoms with Crippen LogP contribution in [-0.4, -0.2) is 35.4 Å². The van der Waals surface area contributed by atoms with Crippen LogP contribution in [0.3, 0.4) is 0 Å². The first-order valence-corrected chi connectivity index (χ1v) is 8.52. The van der Waals surface area contributed by atoms with Crippen LogP contribution in [0.15, 0.2) is 41.5 Å². The molecule has 1 aliphatic rings. The Labute approximate surface area is 165 Å². The average molecular weight is 457 g/mol. The smallest absolute Gasteiger partial charge is 0.191 e. The Morgan fingerprint density at radius 2 is 1.96 bits per heavy atom. The highest BCUT2D eigenvalue weighted by Gasteiger charge is 2.15. The van der Waals surface area contributed by atoms with E-state index in [9.17, 15) is 4.39 Å². The van der Waals surface area contributed by atoms with E-state index in [-0.39, 0.29) is 29.8 Å². The van der Waals surface area contributed by atoms with Gasteiger partial charge in [-0.3, -0.25) is 4.99 Å². The van der Waals surface area contributed by atoms with Gasteiger partial charge >= 0.3 is 0 Å². The molecular formula is C18H25FIN5. The van der Waals surface area contributed by atoms with Crippen molar-refractivity contribution in [3.05, 3.63) is 48.0 Å². The lowest BCUT2D eigenvalue weighted by Crippen LogP contribution is -2.43. The van der Waals surface area contributed by atoms with Crippen molar-refractivity contribution in [3.8, 4) is 5.69 Å². The minimum absolute atomic E-state index is 0. The number of nitrogens with one attached hydrogen (secondary N) is 2. The van der Waals surface area contributed by atoms with Crippen LogP contribution < -0.4 is 10.6 Å². The van der Waals surface area contributed by atoms with Crippen LogP contribution in [-0.2, 0) is 6.42 Å². The van der Waals surface area contributed by atoms with Gasteiger partial charge in [-0.1, -0.05) is 12.8 Å². The lowest BCUT2D eigenvalue weighted by molar-refractivity contribution is 0.613. The lowest BCUT2D eigenvalue weighted by atomic mass is 10.2. The van der Waals surface area contributed by atoms with Gasteiger partial charge in [-0.15, -0.1) is 24.0 Å². The zero-order valence-electron chi connectivity index (χ0n) is 14.4. The molecule has 0 radical (unpaired) electrons. The van der Waals surface area contributed by atoms with E-state index in [0.717, 1.165) is 30.3 Å². The molecule has 0 unspecified atom stereocenters. The number of nitrogens with zero attached hydrogens (tertiary/aromatic N) is 3. The zero-order chi connectivity index (χ0) is 16.8. The third-order valence-corrected chi connectivity index (χ3v) is 4.33. The molecule has 1 heterocycles. The number of guanidine groups is 1. The molecule has 1 saturated carbocycles. The van der Waals surface area contributed by atoms with E-state index in [1.807, 2.05) is 12.3 Å². The lowest BCUT2D eigenvalue weighted by Gasteiger charge is -2.16. The summed E-state index contributed by atoms with van der Waals surface area (Å²) >= 11 is 0. The van der Waals surface area contributed by atoms with Gasteiger partial charge in [0.25, 0.3) is 0 Å². The molecule has 2 aromatic rings. The molecule has 5 nitrogen and oxygen atoms in total. The van der Waals surface area contributed by atoms with Gasteiger partial charge in [0.15, 0.2) is 5.96 Å². The molecule has 0 atom stereocenters. The van der Waals surface area contributed by atoms with E-state index in [1.54, 1.807) is 23.9 Å². The van der Waals surface area contributed by atoms with Gasteiger partial charge in [-0.05, 0) is 43.2 Å². The van der Waals surface area contributed by atoms with Crippen LogP contribution in [0.5, 0.6) is 0 Å². The average Bonchev–Trinajstić information content (AvgIpc) is 3.26. The van der Waals surface area contributed by atoms with Crippen molar-refractivity contribution in [1.82, 2.24) is 20.4 Å². The van der Waals surface area contributed by atoms with E-state index < -0.39 is 0 Å². The topological polar surface area (TPSA) is 54.2 Å². The highest BCUT2D eigenvalue weighted by molar-refractivity contribution is 14.0. The monoisotopic (exact) mass is 457 g/mol. The second-order valence-electron chi connectivity index (χ2n) is 6.10. The van der Waals surface area contributed by atoms with E-state index in [0.29, 0.717) is 6.04 Å². The van der Waals surface area contributed by atoms with Gasteiger partial charge < -0.3 is 10.6 Å². The molecule has 136 valence electrons. The first kappa shape index (κ1) is 19.7. The first-order valence-electron chi connectivity index (χ1n) is 8.52. The molecule has 1 fully saturated rings. The van der Waals surface area contributed by atoms with Gasteiger partial charge in [0, 0.05) is 32.3 Å². The van der Waals surface area contributed by atoms with E-state index in [1.165, 1.54) is 37.8 Å². The molecule has 7 heteroatoms. The Morgan fingerprint density at radius 3 is 2.64 bits per heavy atom. The second-order valence-corrected chi connectivity index (χ2v) is 6.10. The normalized spacial score (nSPS) is 15.0. The fraction of sp³-hybridized carbons (Fsp3) is 0.444. The summed E-state index contributed by atoms with van der Waals surface area (Å²) in [6, 6.07) is 8.86. The van der Waals surface area contributed by atoms with Crippen LogP contribution in [0.1, 0.15) is 31.4 Å². The summed E-state index contributed by atoms with van der Waals surface area (Å²) in [6.45, 7) is 0.771. The fourth-order valence-corrected chi connectivity index (χ4v) is 3.00. The SMILES string of the molecule is CN=C(NCCc1ccn(-c2ccc(F)cc2)n1)NC1CCCC1.I. The van der Waals surface area contributed by atoms with Crippen molar-refractivity contribution in [1.29, 1.82) is 0 Å². The number of aliphatic imine (C=N–C) groups is 1. The summed E-state index contributed by atoms with van der Waals surface area (Å²) in [6.07, 6.45) is 7.75. The third kappa shape index (κ3) is 5.69. The Morgan fingerprint density at radius 1 is 1.24 bits per heavy atom. The summed E-state index contributed by atoms with van der Waals surface area (Å²) in [4.78, 5) is 4.28. The molecule has 0 aliphatic heterocycles. The van der Waals surface area contributed by atoms with Crippen molar-refractivity contribution in [2.24, 2.45) is 4.99 Å². The van der Waals surface area contributed by atoms with E-state index >= 15 is 0 Å². The number of hydrogen-bond acceptors (Lipinski definition) is 2. The van der Waals surface area contributed by atoms with Crippen molar-refractivity contribution < 1.29 is 4.39 Å². The van der Waals surface area contributed by atoms with Gasteiger partial charge in [0.05, 0.1) is 11.4 Å². The third-order valence-electron chi connectivity index (χ3n) is 4.33. The van der Waals surface area contributed by atoms with Crippen LogP contribution in [0.4, 0.5) is 4.39 Å². The Kier molecular flexibility index (Phi) is 7.67. The number of hydrogen-bond donors (Lipinski definition) is 2. The number of halogens is 2. The zero-order valence-corrected chi connectivity index (χ0v) is 16.7. The molecule has 3 rings (SSSR count). The highest BCUT2D eigenvalue weighted by atomic mass is 127. The molecule has 0 spiro atoms. The van der Waals surface area contributed by atoms with Crippen LogP contribution in [0, 0.1) is 5.82 Å². The quantitative estimate of drug-likeness (QED) is 0.412. The van der Waals surface area contributed by atoms with Crippen molar-refractivity contribution in [2.75, 3.05) is 13.6 Å². The minimum Gasteiger partial charge on any atom is -0.356 e. The molecule has 0 bridgehead atoms. The highest BCUT2D eigenvalue weighted by Crippen LogP contribution is 2.17. The second kappa shape index (κ2) is 9.74. The maximum absolute atomic E-state index is 13.0. The summed E-state index contributed by atoms with van der Waals surface area (Å²) in [7, 11) is 1.80. The molecular weight excluding hydrogens is 432 g/mol. The van der Waals surface area contributed by atoms with Gasteiger partial charge in [-0.2, -0.15) is 5.10 Å².